The van der Waals surface area contributed by atoms with Crippen molar-refractivity contribution in [2.24, 2.45) is 0 Å². The summed E-state index contributed by atoms with van der Waals surface area (Å²) in [7, 11) is 0. The Bertz CT molecular complexity index is 427. The summed E-state index contributed by atoms with van der Waals surface area (Å²) < 4.78 is 0. The largest absolute Gasteiger partial charge is 0.313 e. The summed E-state index contributed by atoms with van der Waals surface area (Å²) in [4.78, 5) is 2.66. The van der Waals surface area contributed by atoms with Crippen molar-refractivity contribution in [2.75, 3.05) is 13.1 Å². The molecule has 1 fully saturated rings. The summed E-state index contributed by atoms with van der Waals surface area (Å²) >= 11 is 0. The lowest BCUT2D eigenvalue weighted by molar-refractivity contribution is 0.193. The van der Waals surface area contributed by atoms with Gasteiger partial charge in [0.25, 0.3) is 0 Å². The second kappa shape index (κ2) is 7.24. The van der Waals surface area contributed by atoms with Gasteiger partial charge in [-0.05, 0) is 56.8 Å². The van der Waals surface area contributed by atoms with Gasteiger partial charge >= 0.3 is 0 Å². The number of rotatable bonds is 4. The number of benzene rings is 1. The highest BCUT2D eigenvalue weighted by Gasteiger charge is 2.22. The fourth-order valence-corrected chi connectivity index (χ4v) is 3.11. The van der Waals surface area contributed by atoms with Gasteiger partial charge in [0, 0.05) is 25.2 Å². The van der Waals surface area contributed by atoms with Gasteiger partial charge in [-0.25, -0.2) is 0 Å². The molecule has 0 saturated carbocycles. The van der Waals surface area contributed by atoms with Crippen LogP contribution >= 0.6 is 0 Å². The maximum atomic E-state index is 3.71. The van der Waals surface area contributed by atoms with Gasteiger partial charge in [0.05, 0.1) is 0 Å². The Hall–Kier alpha value is -0.860. The van der Waals surface area contributed by atoms with Crippen molar-refractivity contribution in [3.63, 3.8) is 0 Å². The van der Waals surface area contributed by atoms with E-state index in [0.717, 1.165) is 13.1 Å². The second-order valence-electron chi connectivity index (χ2n) is 6.43. The van der Waals surface area contributed by atoms with E-state index in [1.54, 1.807) is 0 Å². The van der Waals surface area contributed by atoms with Crippen molar-refractivity contribution in [1.82, 2.24) is 10.2 Å². The third kappa shape index (κ3) is 4.07. The van der Waals surface area contributed by atoms with Crippen molar-refractivity contribution >= 4 is 0 Å². The topological polar surface area (TPSA) is 15.3 Å². The predicted molar refractivity (Wildman–Crippen MR) is 87.1 cm³/mol. The van der Waals surface area contributed by atoms with E-state index in [9.17, 15) is 0 Å². The molecule has 2 unspecified atom stereocenters. The normalized spacial score (nSPS) is 24.6. The molecule has 1 heterocycles. The van der Waals surface area contributed by atoms with Crippen molar-refractivity contribution in [3.05, 3.63) is 34.9 Å². The van der Waals surface area contributed by atoms with Crippen molar-refractivity contribution in [3.8, 4) is 0 Å². The van der Waals surface area contributed by atoms with Crippen LogP contribution in [0.5, 0.6) is 0 Å². The molecule has 0 spiro atoms. The Balaban J connectivity index is 2.05. The molecule has 1 saturated heterocycles. The zero-order valence-corrected chi connectivity index (χ0v) is 13.6. The summed E-state index contributed by atoms with van der Waals surface area (Å²) in [5.41, 5.74) is 4.26. The van der Waals surface area contributed by atoms with Gasteiger partial charge < -0.3 is 5.32 Å². The summed E-state index contributed by atoms with van der Waals surface area (Å²) in [6.45, 7) is 12.5. The number of aryl methyl sites for hydroxylation is 2. The molecular weight excluding hydrogens is 244 g/mol. The highest BCUT2D eigenvalue weighted by molar-refractivity contribution is 5.29. The molecule has 0 aliphatic carbocycles. The van der Waals surface area contributed by atoms with Crippen LogP contribution < -0.4 is 5.32 Å². The Morgan fingerprint density at radius 1 is 1.25 bits per heavy atom. The number of hydrogen-bond donors (Lipinski definition) is 1. The van der Waals surface area contributed by atoms with Crippen LogP contribution in [-0.4, -0.2) is 30.1 Å². The summed E-state index contributed by atoms with van der Waals surface area (Å²) in [6, 6.07) is 8.24. The first-order valence-corrected chi connectivity index (χ1v) is 8.13. The van der Waals surface area contributed by atoms with Crippen molar-refractivity contribution in [2.45, 2.75) is 65.6 Å². The smallest absolute Gasteiger partial charge is 0.0237 e. The number of nitrogens with zero attached hydrogens (tertiary/aromatic N) is 1. The average molecular weight is 274 g/mol. The monoisotopic (exact) mass is 274 g/mol. The van der Waals surface area contributed by atoms with Crippen LogP contribution in [0.25, 0.3) is 0 Å². The number of hydrogen-bond acceptors (Lipinski definition) is 2. The molecule has 0 radical (unpaired) electrons. The lowest BCUT2D eigenvalue weighted by Crippen LogP contribution is -2.39. The van der Waals surface area contributed by atoms with E-state index in [4.69, 9.17) is 0 Å². The summed E-state index contributed by atoms with van der Waals surface area (Å²) in [5.74, 6) is 0. The Kier molecular flexibility index (Phi) is 5.62. The lowest BCUT2D eigenvalue weighted by atomic mass is 10.0. The molecule has 2 rings (SSSR count). The van der Waals surface area contributed by atoms with Gasteiger partial charge in [-0.15, -0.1) is 0 Å². The molecule has 20 heavy (non-hydrogen) atoms. The standard InChI is InChI=1S/C18H30N2/c1-5-6-18-13-20(16(4)9-10-19-18)12-17-8-7-14(2)15(3)11-17/h7-8,11,16,18-19H,5-6,9-10,12-13H2,1-4H3. The fourth-order valence-electron chi connectivity index (χ4n) is 3.11. The van der Waals surface area contributed by atoms with Crippen LogP contribution in [0.3, 0.4) is 0 Å². The van der Waals surface area contributed by atoms with Gasteiger partial charge in [-0.1, -0.05) is 31.5 Å². The Morgan fingerprint density at radius 3 is 2.75 bits per heavy atom. The number of nitrogens with one attached hydrogen (secondary N) is 1. The quantitative estimate of drug-likeness (QED) is 0.901. The van der Waals surface area contributed by atoms with Crippen LogP contribution in [0.15, 0.2) is 18.2 Å². The molecule has 1 aromatic rings. The first kappa shape index (κ1) is 15.5. The molecule has 112 valence electrons. The SMILES string of the molecule is CCCC1CN(Cc2ccc(C)c(C)c2)C(C)CCN1. The minimum Gasteiger partial charge on any atom is -0.313 e. The van der Waals surface area contributed by atoms with Gasteiger partial charge in [0.2, 0.25) is 0 Å². The molecule has 1 aromatic carbocycles. The highest BCUT2D eigenvalue weighted by Crippen LogP contribution is 2.17. The second-order valence-corrected chi connectivity index (χ2v) is 6.43. The first-order chi connectivity index (χ1) is 9.60. The van der Waals surface area contributed by atoms with E-state index in [1.165, 1.54) is 42.5 Å². The molecule has 0 amide bonds. The van der Waals surface area contributed by atoms with Gasteiger partial charge in [0.1, 0.15) is 0 Å². The van der Waals surface area contributed by atoms with Crippen LogP contribution in [0.1, 0.15) is 49.8 Å². The minimum atomic E-state index is 0.663. The minimum absolute atomic E-state index is 0.663. The van der Waals surface area contributed by atoms with E-state index in [0.29, 0.717) is 12.1 Å². The summed E-state index contributed by atoms with van der Waals surface area (Å²) in [5, 5.41) is 3.71. The zero-order valence-electron chi connectivity index (χ0n) is 13.6. The van der Waals surface area contributed by atoms with E-state index in [2.05, 4.69) is 56.1 Å². The van der Waals surface area contributed by atoms with E-state index in [1.807, 2.05) is 0 Å². The maximum absolute atomic E-state index is 3.71. The lowest BCUT2D eigenvalue weighted by Gasteiger charge is -2.29. The Morgan fingerprint density at radius 2 is 2.05 bits per heavy atom. The van der Waals surface area contributed by atoms with E-state index >= 15 is 0 Å². The van der Waals surface area contributed by atoms with Gasteiger partial charge in [0.15, 0.2) is 0 Å². The van der Waals surface area contributed by atoms with Crippen LogP contribution in [-0.2, 0) is 6.54 Å². The van der Waals surface area contributed by atoms with Crippen molar-refractivity contribution in [1.29, 1.82) is 0 Å². The van der Waals surface area contributed by atoms with E-state index in [-0.39, 0.29) is 0 Å². The predicted octanol–water partition coefficient (Wildman–Crippen LogP) is 3.66. The highest BCUT2D eigenvalue weighted by atomic mass is 15.2. The molecular formula is C18H30N2. The maximum Gasteiger partial charge on any atom is 0.0237 e. The molecule has 1 N–H and O–H groups in total. The van der Waals surface area contributed by atoms with Crippen LogP contribution in [0.2, 0.25) is 0 Å². The average Bonchev–Trinajstić information content (AvgIpc) is 2.57. The molecule has 2 heteroatoms. The van der Waals surface area contributed by atoms with Gasteiger partial charge in [-0.3, -0.25) is 4.90 Å². The zero-order chi connectivity index (χ0) is 14.5. The molecule has 1 aliphatic heterocycles. The Labute approximate surface area is 124 Å². The molecule has 0 aromatic heterocycles. The molecule has 2 nitrogen and oxygen atoms in total. The molecule has 1 aliphatic rings. The van der Waals surface area contributed by atoms with Gasteiger partial charge in [-0.2, -0.15) is 0 Å². The molecule has 2 atom stereocenters. The summed E-state index contributed by atoms with van der Waals surface area (Å²) in [6.07, 6.45) is 3.81. The van der Waals surface area contributed by atoms with Crippen LogP contribution in [0, 0.1) is 13.8 Å². The van der Waals surface area contributed by atoms with Crippen LogP contribution in [0.4, 0.5) is 0 Å². The van der Waals surface area contributed by atoms with E-state index < -0.39 is 0 Å². The van der Waals surface area contributed by atoms with Crippen molar-refractivity contribution < 1.29 is 0 Å². The first-order valence-electron chi connectivity index (χ1n) is 8.13. The fraction of sp³-hybridized carbons (Fsp3) is 0.667. The third-order valence-corrected chi connectivity index (χ3v) is 4.67. The third-order valence-electron chi connectivity index (χ3n) is 4.67. The molecule has 0 bridgehead atoms.